The van der Waals surface area contributed by atoms with Gasteiger partial charge in [0.25, 0.3) is 0 Å². The Morgan fingerprint density at radius 1 is 1.00 bits per heavy atom. The summed E-state index contributed by atoms with van der Waals surface area (Å²) in [6.45, 7) is 21.9. The van der Waals surface area contributed by atoms with Gasteiger partial charge in [-0.3, -0.25) is 0 Å². The molecule has 17 heavy (non-hydrogen) atoms. The van der Waals surface area contributed by atoms with Crippen LogP contribution in [0.5, 0.6) is 0 Å². The normalized spacial score (nSPS) is 15.2. The Bertz CT molecular complexity index is 262. The van der Waals surface area contributed by atoms with E-state index in [-0.39, 0.29) is 16.9 Å². The molecule has 3 N–H and O–H groups in total. The van der Waals surface area contributed by atoms with Gasteiger partial charge in [0.15, 0.2) is 0 Å². The topological polar surface area (TPSA) is 38.0 Å². The van der Waals surface area contributed by atoms with Gasteiger partial charge in [-0.05, 0) is 30.6 Å². The minimum Gasteiger partial charge on any atom is -0.385 e. The van der Waals surface area contributed by atoms with Crippen molar-refractivity contribution in [2.75, 3.05) is 0 Å². The summed E-state index contributed by atoms with van der Waals surface area (Å²) in [5.41, 5.74) is 7.51. The zero-order chi connectivity index (χ0) is 14.0. The van der Waals surface area contributed by atoms with E-state index in [1.54, 1.807) is 0 Å². The van der Waals surface area contributed by atoms with Crippen molar-refractivity contribution < 1.29 is 0 Å². The zero-order valence-electron chi connectivity index (χ0n) is 13.0. The van der Waals surface area contributed by atoms with Crippen LogP contribution in [0, 0.1) is 16.7 Å². The van der Waals surface area contributed by atoms with E-state index in [4.69, 9.17) is 5.73 Å². The fourth-order valence-corrected chi connectivity index (χ4v) is 2.04. The summed E-state index contributed by atoms with van der Waals surface area (Å²) in [7, 11) is 0. The summed E-state index contributed by atoms with van der Waals surface area (Å²) < 4.78 is 0. The molecule has 0 bridgehead atoms. The first-order chi connectivity index (χ1) is 7.44. The molecule has 0 aromatic carbocycles. The van der Waals surface area contributed by atoms with Crippen LogP contribution in [0.4, 0.5) is 0 Å². The van der Waals surface area contributed by atoms with E-state index in [0.29, 0.717) is 12.0 Å². The minimum atomic E-state index is -0.0395. The average molecular weight is 240 g/mol. The van der Waals surface area contributed by atoms with Crippen molar-refractivity contribution >= 4 is 0 Å². The van der Waals surface area contributed by atoms with Crippen molar-refractivity contribution in [3.8, 4) is 0 Å². The van der Waals surface area contributed by atoms with E-state index in [1.165, 1.54) is 0 Å². The molecule has 0 saturated carbocycles. The molecular weight excluding hydrogens is 208 g/mol. The molecule has 0 heterocycles. The minimum absolute atomic E-state index is 0.000139. The highest BCUT2D eigenvalue weighted by atomic mass is 15.0. The molecule has 0 aromatic heterocycles. The fourth-order valence-electron chi connectivity index (χ4n) is 2.04. The number of hydrogen-bond acceptors (Lipinski definition) is 2. The van der Waals surface area contributed by atoms with E-state index in [2.05, 4.69) is 67.3 Å². The van der Waals surface area contributed by atoms with Gasteiger partial charge >= 0.3 is 0 Å². The predicted molar refractivity (Wildman–Crippen MR) is 77.8 cm³/mol. The quantitative estimate of drug-likeness (QED) is 0.745. The molecule has 102 valence electrons. The lowest BCUT2D eigenvalue weighted by Crippen LogP contribution is -2.52. The van der Waals surface area contributed by atoms with Crippen LogP contribution in [0.1, 0.15) is 55.4 Å². The molecule has 1 unspecified atom stereocenters. The first-order valence-electron chi connectivity index (χ1n) is 6.65. The van der Waals surface area contributed by atoms with E-state index >= 15 is 0 Å². The molecule has 0 saturated heterocycles. The molecule has 0 rings (SSSR count). The third kappa shape index (κ3) is 3.48. The Balaban J connectivity index is 4.99. The molecule has 0 spiro atoms. The van der Waals surface area contributed by atoms with Crippen LogP contribution in [-0.4, -0.2) is 12.1 Å². The van der Waals surface area contributed by atoms with E-state index in [9.17, 15) is 0 Å². The molecule has 2 heteroatoms. The largest absolute Gasteiger partial charge is 0.385 e. The highest BCUT2D eigenvalue weighted by molar-refractivity contribution is 5.12. The smallest absolute Gasteiger partial charge is 0.0495 e. The predicted octanol–water partition coefficient (Wildman–Crippen LogP) is 3.53. The van der Waals surface area contributed by atoms with Gasteiger partial charge < -0.3 is 11.1 Å². The summed E-state index contributed by atoms with van der Waals surface area (Å²) >= 11 is 0. The van der Waals surface area contributed by atoms with Crippen LogP contribution in [0.25, 0.3) is 0 Å². The molecule has 0 aliphatic carbocycles. The maximum absolute atomic E-state index is 6.41. The van der Waals surface area contributed by atoms with Crippen LogP contribution in [0.15, 0.2) is 12.3 Å². The highest BCUT2D eigenvalue weighted by Crippen LogP contribution is 2.47. The second-order valence-electron chi connectivity index (χ2n) is 6.90. The Kier molecular flexibility index (Phi) is 5.27. The molecule has 0 aliphatic heterocycles. The molecule has 0 amide bonds. The van der Waals surface area contributed by atoms with E-state index in [1.807, 2.05) is 0 Å². The molecule has 0 aliphatic rings. The Morgan fingerprint density at radius 3 is 1.71 bits per heavy atom. The molecule has 0 aromatic rings. The van der Waals surface area contributed by atoms with Crippen LogP contribution in [0.3, 0.4) is 0 Å². The standard InChI is InChI=1S/C15H32N2/c1-10(2)14(6,7)15(8,9)13(16)12(5)17-11(3)4/h10-11,13,17H,5,16H2,1-4,6-9H3. The van der Waals surface area contributed by atoms with Gasteiger partial charge in [0.2, 0.25) is 0 Å². The fraction of sp³-hybridized carbons (Fsp3) is 0.867. The third-order valence-electron chi connectivity index (χ3n) is 4.73. The van der Waals surface area contributed by atoms with Crippen LogP contribution < -0.4 is 11.1 Å². The number of nitrogens with two attached hydrogens (primary N) is 1. The molecule has 0 fully saturated rings. The van der Waals surface area contributed by atoms with Crippen molar-refractivity contribution in [1.82, 2.24) is 5.32 Å². The third-order valence-corrected chi connectivity index (χ3v) is 4.73. The van der Waals surface area contributed by atoms with Crippen LogP contribution in [-0.2, 0) is 0 Å². The summed E-state index contributed by atoms with van der Waals surface area (Å²) in [6.07, 6.45) is 0. The molecule has 2 nitrogen and oxygen atoms in total. The van der Waals surface area contributed by atoms with E-state index in [0.717, 1.165) is 5.70 Å². The van der Waals surface area contributed by atoms with Gasteiger partial charge in [0.05, 0.1) is 0 Å². The lowest BCUT2D eigenvalue weighted by atomic mass is 9.58. The SMILES string of the molecule is C=C(NC(C)C)C(N)C(C)(C)C(C)(C)C(C)C. The average Bonchev–Trinajstić information content (AvgIpc) is 2.14. The van der Waals surface area contributed by atoms with Gasteiger partial charge in [-0.2, -0.15) is 0 Å². The second kappa shape index (κ2) is 5.43. The number of rotatable bonds is 6. The first kappa shape index (κ1) is 16.5. The van der Waals surface area contributed by atoms with Crippen LogP contribution >= 0.6 is 0 Å². The van der Waals surface area contributed by atoms with Crippen LogP contribution in [0.2, 0.25) is 0 Å². The Labute approximate surface area is 108 Å². The number of hydrogen-bond donors (Lipinski definition) is 2. The van der Waals surface area contributed by atoms with Crippen molar-refractivity contribution in [2.24, 2.45) is 22.5 Å². The Morgan fingerprint density at radius 2 is 1.41 bits per heavy atom. The molecular formula is C15H32N2. The maximum atomic E-state index is 6.41. The lowest BCUT2D eigenvalue weighted by molar-refractivity contribution is 0.0394. The van der Waals surface area contributed by atoms with Gasteiger partial charge in [0.1, 0.15) is 0 Å². The van der Waals surface area contributed by atoms with E-state index < -0.39 is 0 Å². The maximum Gasteiger partial charge on any atom is 0.0495 e. The summed E-state index contributed by atoms with van der Waals surface area (Å²) in [5.74, 6) is 0.579. The lowest BCUT2D eigenvalue weighted by Gasteiger charge is -2.49. The molecule has 1 atom stereocenters. The monoisotopic (exact) mass is 240 g/mol. The van der Waals surface area contributed by atoms with Crippen molar-refractivity contribution in [2.45, 2.75) is 67.5 Å². The van der Waals surface area contributed by atoms with Gasteiger partial charge in [-0.1, -0.05) is 48.1 Å². The molecule has 0 radical (unpaired) electrons. The second-order valence-corrected chi connectivity index (χ2v) is 6.90. The van der Waals surface area contributed by atoms with Gasteiger partial charge in [0, 0.05) is 17.8 Å². The van der Waals surface area contributed by atoms with Gasteiger partial charge in [-0.15, -0.1) is 0 Å². The summed E-state index contributed by atoms with van der Waals surface area (Å²) in [4.78, 5) is 0. The summed E-state index contributed by atoms with van der Waals surface area (Å²) in [6, 6.07) is 0.341. The number of nitrogens with one attached hydrogen (secondary N) is 1. The first-order valence-corrected chi connectivity index (χ1v) is 6.65. The van der Waals surface area contributed by atoms with Crippen molar-refractivity contribution in [3.05, 3.63) is 12.3 Å². The zero-order valence-corrected chi connectivity index (χ0v) is 13.0. The van der Waals surface area contributed by atoms with Crippen molar-refractivity contribution in [3.63, 3.8) is 0 Å². The van der Waals surface area contributed by atoms with Gasteiger partial charge in [-0.25, -0.2) is 0 Å². The Hall–Kier alpha value is -0.500. The van der Waals surface area contributed by atoms with Crippen molar-refractivity contribution in [1.29, 1.82) is 0 Å². The summed E-state index contributed by atoms with van der Waals surface area (Å²) in [5, 5.41) is 3.34. The highest BCUT2D eigenvalue weighted by Gasteiger charge is 2.44.